The molecule has 1 heterocycles. The number of alkyl halides is 3. The standard InChI is InChI=1S/C13H13BrF3N3S/c1-20-12(21-9-4-2-8(14)3-5-9)10(6-7-18)11(19-20)13(15,16)17/h2-5H,6-7,18H2,1H3. The maximum Gasteiger partial charge on any atom is 0.435 e. The quantitative estimate of drug-likeness (QED) is 0.876. The third-order valence-electron chi connectivity index (χ3n) is 2.78. The molecule has 0 aliphatic heterocycles. The van der Waals surface area contributed by atoms with Gasteiger partial charge in [-0.3, -0.25) is 4.68 Å². The largest absolute Gasteiger partial charge is 0.435 e. The van der Waals surface area contributed by atoms with Crippen LogP contribution in [0.3, 0.4) is 0 Å². The molecular formula is C13H13BrF3N3S. The molecule has 0 aliphatic carbocycles. The van der Waals surface area contributed by atoms with E-state index in [1.807, 2.05) is 24.3 Å². The van der Waals surface area contributed by atoms with Crippen LogP contribution in [0.2, 0.25) is 0 Å². The van der Waals surface area contributed by atoms with E-state index in [1.54, 1.807) is 0 Å². The fourth-order valence-corrected chi connectivity index (χ4v) is 3.15. The van der Waals surface area contributed by atoms with Crippen LogP contribution >= 0.6 is 27.7 Å². The zero-order chi connectivity index (χ0) is 15.6. The molecule has 0 spiro atoms. The Balaban J connectivity index is 2.42. The summed E-state index contributed by atoms with van der Waals surface area (Å²) in [5.74, 6) is 0. The van der Waals surface area contributed by atoms with E-state index in [0.717, 1.165) is 9.37 Å². The maximum atomic E-state index is 13.0. The Bertz CT molecular complexity index is 623. The fourth-order valence-electron chi connectivity index (χ4n) is 1.89. The van der Waals surface area contributed by atoms with Crippen molar-refractivity contribution in [1.29, 1.82) is 0 Å². The smallest absolute Gasteiger partial charge is 0.330 e. The number of nitrogens with zero attached hydrogens (tertiary/aromatic N) is 2. The van der Waals surface area contributed by atoms with Gasteiger partial charge in [0.2, 0.25) is 0 Å². The molecular weight excluding hydrogens is 367 g/mol. The summed E-state index contributed by atoms with van der Waals surface area (Å²) in [6.07, 6.45) is -4.33. The van der Waals surface area contributed by atoms with Crippen molar-refractivity contribution in [2.24, 2.45) is 12.8 Å². The molecule has 1 aromatic carbocycles. The lowest BCUT2D eigenvalue weighted by atomic mass is 10.2. The van der Waals surface area contributed by atoms with Crippen LogP contribution in [0.25, 0.3) is 0 Å². The van der Waals surface area contributed by atoms with Gasteiger partial charge in [0, 0.05) is 22.0 Å². The molecule has 0 radical (unpaired) electrons. The first-order valence-electron chi connectivity index (χ1n) is 6.09. The minimum atomic E-state index is -4.47. The van der Waals surface area contributed by atoms with Gasteiger partial charge in [0.15, 0.2) is 5.69 Å². The van der Waals surface area contributed by atoms with Crippen LogP contribution in [0.1, 0.15) is 11.3 Å². The molecule has 0 atom stereocenters. The maximum absolute atomic E-state index is 13.0. The number of halogens is 4. The molecule has 2 rings (SSSR count). The van der Waals surface area contributed by atoms with Gasteiger partial charge >= 0.3 is 6.18 Å². The van der Waals surface area contributed by atoms with Crippen molar-refractivity contribution < 1.29 is 13.2 Å². The van der Waals surface area contributed by atoms with Crippen molar-refractivity contribution in [2.45, 2.75) is 22.5 Å². The highest BCUT2D eigenvalue weighted by molar-refractivity contribution is 9.10. The molecule has 8 heteroatoms. The van der Waals surface area contributed by atoms with E-state index in [2.05, 4.69) is 21.0 Å². The monoisotopic (exact) mass is 379 g/mol. The number of rotatable bonds is 4. The van der Waals surface area contributed by atoms with E-state index in [-0.39, 0.29) is 18.5 Å². The number of hydrogen-bond acceptors (Lipinski definition) is 3. The molecule has 0 saturated carbocycles. The third kappa shape index (κ3) is 3.81. The third-order valence-corrected chi connectivity index (χ3v) is 4.52. The van der Waals surface area contributed by atoms with E-state index >= 15 is 0 Å². The van der Waals surface area contributed by atoms with Crippen LogP contribution in [-0.2, 0) is 19.6 Å². The topological polar surface area (TPSA) is 43.8 Å². The molecule has 0 fully saturated rings. The minimum Gasteiger partial charge on any atom is -0.330 e. The summed E-state index contributed by atoms with van der Waals surface area (Å²) in [5.41, 5.74) is 4.75. The second kappa shape index (κ2) is 6.41. The number of benzene rings is 1. The van der Waals surface area contributed by atoms with E-state index < -0.39 is 11.9 Å². The molecule has 0 unspecified atom stereocenters. The minimum absolute atomic E-state index is 0.140. The zero-order valence-corrected chi connectivity index (χ0v) is 13.5. The van der Waals surface area contributed by atoms with Gasteiger partial charge in [-0.15, -0.1) is 0 Å². The van der Waals surface area contributed by atoms with Gasteiger partial charge in [0.1, 0.15) is 5.03 Å². The average molecular weight is 380 g/mol. The van der Waals surface area contributed by atoms with E-state index in [4.69, 9.17) is 5.73 Å². The molecule has 21 heavy (non-hydrogen) atoms. The van der Waals surface area contributed by atoms with E-state index in [1.165, 1.54) is 23.5 Å². The van der Waals surface area contributed by atoms with Crippen LogP contribution in [0, 0.1) is 0 Å². The summed E-state index contributed by atoms with van der Waals surface area (Å²) in [6, 6.07) is 7.35. The number of aromatic nitrogens is 2. The number of hydrogen-bond donors (Lipinski definition) is 1. The lowest BCUT2D eigenvalue weighted by Crippen LogP contribution is -2.12. The first-order valence-corrected chi connectivity index (χ1v) is 7.70. The Morgan fingerprint density at radius 1 is 1.29 bits per heavy atom. The Hall–Kier alpha value is -0.990. The fraction of sp³-hybridized carbons (Fsp3) is 0.308. The highest BCUT2D eigenvalue weighted by atomic mass is 79.9. The Morgan fingerprint density at radius 2 is 1.90 bits per heavy atom. The van der Waals surface area contributed by atoms with Gasteiger partial charge in [0.25, 0.3) is 0 Å². The summed E-state index contributed by atoms with van der Waals surface area (Å²) in [7, 11) is 1.51. The molecule has 2 aromatic rings. The SMILES string of the molecule is Cn1nc(C(F)(F)F)c(CCN)c1Sc1ccc(Br)cc1. The zero-order valence-electron chi connectivity index (χ0n) is 11.1. The molecule has 0 saturated heterocycles. The van der Waals surface area contributed by atoms with E-state index in [9.17, 15) is 13.2 Å². The Labute approximate surface area is 132 Å². The Kier molecular flexibility index (Phi) is 5.00. The lowest BCUT2D eigenvalue weighted by molar-refractivity contribution is -0.142. The van der Waals surface area contributed by atoms with Crippen molar-refractivity contribution in [3.8, 4) is 0 Å². The van der Waals surface area contributed by atoms with E-state index in [0.29, 0.717) is 5.03 Å². The summed E-state index contributed by atoms with van der Waals surface area (Å²) < 4.78 is 41.3. The molecule has 3 nitrogen and oxygen atoms in total. The van der Waals surface area contributed by atoms with Crippen molar-refractivity contribution in [2.75, 3.05) is 6.54 Å². The molecule has 114 valence electrons. The predicted molar refractivity (Wildman–Crippen MR) is 79.2 cm³/mol. The van der Waals surface area contributed by atoms with Crippen LogP contribution in [-0.4, -0.2) is 16.3 Å². The average Bonchev–Trinajstić information content (AvgIpc) is 2.70. The summed E-state index contributed by atoms with van der Waals surface area (Å²) >= 11 is 4.57. The molecule has 0 amide bonds. The molecule has 0 bridgehead atoms. The van der Waals surface area contributed by atoms with Crippen molar-refractivity contribution in [1.82, 2.24) is 9.78 Å². The van der Waals surface area contributed by atoms with Gasteiger partial charge in [-0.25, -0.2) is 0 Å². The van der Waals surface area contributed by atoms with Gasteiger partial charge < -0.3 is 5.73 Å². The van der Waals surface area contributed by atoms with Crippen LogP contribution in [0.4, 0.5) is 13.2 Å². The molecule has 0 aliphatic rings. The van der Waals surface area contributed by atoms with Crippen molar-refractivity contribution in [3.05, 3.63) is 40.0 Å². The van der Waals surface area contributed by atoms with Crippen molar-refractivity contribution >= 4 is 27.7 Å². The lowest BCUT2D eigenvalue weighted by Gasteiger charge is -2.08. The number of aryl methyl sites for hydroxylation is 1. The first kappa shape index (κ1) is 16.4. The Morgan fingerprint density at radius 3 is 2.43 bits per heavy atom. The normalized spacial score (nSPS) is 11.9. The highest BCUT2D eigenvalue weighted by Crippen LogP contribution is 2.38. The van der Waals surface area contributed by atoms with Gasteiger partial charge in [-0.2, -0.15) is 18.3 Å². The van der Waals surface area contributed by atoms with Crippen LogP contribution in [0.15, 0.2) is 38.7 Å². The summed E-state index contributed by atoms with van der Waals surface area (Å²) in [4.78, 5) is 0.841. The second-order valence-corrected chi connectivity index (χ2v) is 6.33. The van der Waals surface area contributed by atoms with Gasteiger partial charge in [0.05, 0.1) is 0 Å². The van der Waals surface area contributed by atoms with Crippen LogP contribution in [0.5, 0.6) is 0 Å². The second-order valence-electron chi connectivity index (χ2n) is 4.35. The highest BCUT2D eigenvalue weighted by Gasteiger charge is 2.38. The molecule has 2 N–H and O–H groups in total. The number of nitrogens with two attached hydrogens (primary N) is 1. The predicted octanol–water partition coefficient (Wildman–Crippen LogP) is 3.85. The summed E-state index contributed by atoms with van der Waals surface area (Å²) in [5, 5.41) is 4.09. The van der Waals surface area contributed by atoms with Gasteiger partial charge in [-0.05, 0) is 37.2 Å². The molecule has 1 aromatic heterocycles. The summed E-state index contributed by atoms with van der Waals surface area (Å²) in [6.45, 7) is 0.142. The van der Waals surface area contributed by atoms with Crippen molar-refractivity contribution in [3.63, 3.8) is 0 Å². The van der Waals surface area contributed by atoms with Gasteiger partial charge in [-0.1, -0.05) is 27.7 Å². The first-order chi connectivity index (χ1) is 9.82. The van der Waals surface area contributed by atoms with Crippen LogP contribution < -0.4 is 5.73 Å².